The van der Waals surface area contributed by atoms with Crippen LogP contribution in [0.5, 0.6) is 11.5 Å². The van der Waals surface area contributed by atoms with Gasteiger partial charge in [0.25, 0.3) is 0 Å². The lowest BCUT2D eigenvalue weighted by atomic mass is 9.74. The molecule has 2 aliphatic rings. The molecule has 1 aromatic carbocycles. The maximum absolute atomic E-state index is 12.8. The van der Waals surface area contributed by atoms with Crippen molar-refractivity contribution in [3.8, 4) is 11.5 Å². The summed E-state index contributed by atoms with van der Waals surface area (Å²) in [5.41, 5.74) is -0.0161. The molecule has 0 saturated heterocycles. The number of hydrogen-bond donors (Lipinski definition) is 3. The summed E-state index contributed by atoms with van der Waals surface area (Å²) in [6, 6.07) is 4.45. The quantitative estimate of drug-likeness (QED) is 0.728. The van der Waals surface area contributed by atoms with Crippen molar-refractivity contribution >= 4 is 5.78 Å². The van der Waals surface area contributed by atoms with Crippen LogP contribution < -0.4 is 4.74 Å². The van der Waals surface area contributed by atoms with Gasteiger partial charge in [-0.05, 0) is 18.2 Å². The van der Waals surface area contributed by atoms with Gasteiger partial charge < -0.3 is 20.1 Å². The fraction of sp³-hybridized carbons (Fsp3) is 0.278. The number of ketones is 1. The van der Waals surface area contributed by atoms with E-state index in [4.69, 9.17) is 4.74 Å². The van der Waals surface area contributed by atoms with E-state index in [0.29, 0.717) is 5.57 Å². The predicted octanol–water partition coefficient (Wildman–Crippen LogP) is 3.43. The van der Waals surface area contributed by atoms with E-state index in [9.17, 15) is 20.1 Å². The zero-order valence-electron chi connectivity index (χ0n) is 12.9. The highest BCUT2D eigenvalue weighted by Crippen LogP contribution is 2.46. The average molecular weight is 314 g/mol. The standard InChI is InChI=1S/C18H18O5/c1-4-18(2,3)10-8-12(20)17-13(15(10)22)14(21)9-6-5-7-11(19)16(9)23-17/h4-8,13,17,19-20,22H,1H2,2-3H3/t13-,17+/m0/s1. The number of para-hydroxylation sites is 1. The first-order valence-electron chi connectivity index (χ1n) is 7.28. The van der Waals surface area contributed by atoms with Gasteiger partial charge in [0.2, 0.25) is 0 Å². The van der Waals surface area contributed by atoms with Crippen molar-refractivity contribution in [1.82, 2.24) is 0 Å². The summed E-state index contributed by atoms with van der Waals surface area (Å²) >= 11 is 0. The molecule has 0 amide bonds. The number of aliphatic hydroxyl groups excluding tert-OH is 2. The minimum atomic E-state index is -1.05. The van der Waals surface area contributed by atoms with Crippen LogP contribution in [0.25, 0.3) is 0 Å². The minimum Gasteiger partial charge on any atom is -0.511 e. The van der Waals surface area contributed by atoms with Gasteiger partial charge in [0.05, 0.1) is 5.56 Å². The number of ether oxygens (including phenoxy) is 1. The lowest BCUT2D eigenvalue weighted by Gasteiger charge is -2.37. The molecule has 3 N–H and O–H groups in total. The molecule has 1 aromatic rings. The third kappa shape index (κ3) is 2.11. The molecule has 1 heterocycles. The summed E-state index contributed by atoms with van der Waals surface area (Å²) in [7, 11) is 0. The Morgan fingerprint density at radius 1 is 1.26 bits per heavy atom. The Labute approximate surface area is 133 Å². The average Bonchev–Trinajstić information content (AvgIpc) is 2.51. The fourth-order valence-corrected chi connectivity index (χ4v) is 2.94. The van der Waals surface area contributed by atoms with Gasteiger partial charge in [0.1, 0.15) is 17.4 Å². The lowest BCUT2D eigenvalue weighted by molar-refractivity contribution is 0.0581. The molecule has 5 nitrogen and oxygen atoms in total. The number of phenols is 1. The molecule has 3 rings (SSSR count). The molecule has 1 aliphatic heterocycles. The van der Waals surface area contributed by atoms with Crippen molar-refractivity contribution < 1.29 is 24.9 Å². The Kier molecular flexibility index (Phi) is 3.25. The molecular weight excluding hydrogens is 296 g/mol. The van der Waals surface area contributed by atoms with E-state index in [0.717, 1.165) is 0 Å². The van der Waals surface area contributed by atoms with Crippen LogP contribution >= 0.6 is 0 Å². The SMILES string of the molecule is C=CC(C)(C)C1=C(O)[C@@H]2C(=O)c3cccc(O)c3O[C@@H]2C(O)=C1. The van der Waals surface area contributed by atoms with Crippen LogP contribution in [0.15, 0.2) is 54.0 Å². The van der Waals surface area contributed by atoms with Gasteiger partial charge >= 0.3 is 0 Å². The van der Waals surface area contributed by atoms with E-state index in [1.54, 1.807) is 6.08 Å². The number of fused-ring (bicyclic) bond motifs is 2. The van der Waals surface area contributed by atoms with Crippen molar-refractivity contribution in [1.29, 1.82) is 0 Å². The van der Waals surface area contributed by atoms with Crippen molar-refractivity contribution in [2.24, 2.45) is 11.3 Å². The molecule has 0 unspecified atom stereocenters. The van der Waals surface area contributed by atoms with E-state index < -0.39 is 23.2 Å². The third-order valence-corrected chi connectivity index (χ3v) is 4.45. The van der Waals surface area contributed by atoms with Crippen molar-refractivity contribution in [3.63, 3.8) is 0 Å². The zero-order valence-corrected chi connectivity index (χ0v) is 12.9. The molecule has 5 heteroatoms. The summed E-state index contributed by atoms with van der Waals surface area (Å²) in [4.78, 5) is 12.8. The first kappa shape index (κ1) is 15.2. The number of benzene rings is 1. The van der Waals surface area contributed by atoms with E-state index in [1.165, 1.54) is 24.3 Å². The Morgan fingerprint density at radius 2 is 1.96 bits per heavy atom. The molecule has 23 heavy (non-hydrogen) atoms. The number of phenolic OH excluding ortho intramolecular Hbond substituents is 1. The Morgan fingerprint density at radius 3 is 2.61 bits per heavy atom. The summed E-state index contributed by atoms with van der Waals surface area (Å²) in [5, 5.41) is 30.8. The highest BCUT2D eigenvalue weighted by Gasteiger charge is 2.47. The molecule has 0 radical (unpaired) electrons. The number of aromatic hydroxyl groups is 1. The topological polar surface area (TPSA) is 87.0 Å². The summed E-state index contributed by atoms with van der Waals surface area (Å²) in [6.07, 6.45) is 1.99. The molecule has 0 fully saturated rings. The Bertz CT molecular complexity index is 770. The number of carbonyl (C=O) groups is 1. The molecule has 120 valence electrons. The molecule has 0 bridgehead atoms. The van der Waals surface area contributed by atoms with Crippen LogP contribution in [0.2, 0.25) is 0 Å². The highest BCUT2D eigenvalue weighted by atomic mass is 16.5. The maximum atomic E-state index is 12.8. The second kappa shape index (κ2) is 4.91. The number of carbonyl (C=O) groups excluding carboxylic acids is 1. The number of allylic oxidation sites excluding steroid dienone is 3. The van der Waals surface area contributed by atoms with Crippen LogP contribution in [0, 0.1) is 11.3 Å². The summed E-state index contributed by atoms with van der Waals surface area (Å²) < 4.78 is 5.61. The molecule has 1 aliphatic carbocycles. The number of Topliss-reactive ketones (excluding diaryl/α,β-unsaturated/α-hetero) is 1. The maximum Gasteiger partial charge on any atom is 0.181 e. The molecule has 0 spiro atoms. The van der Waals surface area contributed by atoms with E-state index in [-0.39, 0.29) is 28.6 Å². The van der Waals surface area contributed by atoms with E-state index in [2.05, 4.69) is 6.58 Å². The Balaban J connectivity index is 2.18. The normalized spacial score (nSPS) is 23.6. The van der Waals surface area contributed by atoms with E-state index in [1.807, 2.05) is 13.8 Å². The predicted molar refractivity (Wildman–Crippen MR) is 84.7 cm³/mol. The van der Waals surface area contributed by atoms with Crippen LogP contribution in [0.1, 0.15) is 24.2 Å². The number of hydrogen-bond acceptors (Lipinski definition) is 5. The first-order chi connectivity index (χ1) is 10.8. The van der Waals surface area contributed by atoms with Crippen LogP contribution in [-0.4, -0.2) is 27.2 Å². The molecular formula is C18H18O5. The van der Waals surface area contributed by atoms with Crippen LogP contribution in [-0.2, 0) is 0 Å². The third-order valence-electron chi connectivity index (χ3n) is 4.45. The van der Waals surface area contributed by atoms with Gasteiger partial charge in [0, 0.05) is 11.0 Å². The van der Waals surface area contributed by atoms with Crippen molar-refractivity contribution in [2.75, 3.05) is 0 Å². The number of rotatable bonds is 2. The molecule has 2 atom stereocenters. The van der Waals surface area contributed by atoms with Gasteiger partial charge in [0.15, 0.2) is 23.4 Å². The fourth-order valence-electron chi connectivity index (χ4n) is 2.94. The van der Waals surface area contributed by atoms with Crippen molar-refractivity contribution in [3.05, 3.63) is 59.6 Å². The second-order valence-corrected chi connectivity index (χ2v) is 6.33. The van der Waals surface area contributed by atoms with Gasteiger partial charge in [-0.25, -0.2) is 0 Å². The molecule has 0 saturated carbocycles. The smallest absolute Gasteiger partial charge is 0.181 e. The summed E-state index contributed by atoms with van der Waals surface area (Å²) in [6.45, 7) is 7.38. The van der Waals surface area contributed by atoms with Crippen LogP contribution in [0.3, 0.4) is 0 Å². The van der Waals surface area contributed by atoms with Gasteiger partial charge in [-0.15, -0.1) is 6.58 Å². The van der Waals surface area contributed by atoms with Crippen molar-refractivity contribution in [2.45, 2.75) is 20.0 Å². The number of aliphatic hydroxyl groups is 2. The van der Waals surface area contributed by atoms with Gasteiger partial charge in [-0.3, -0.25) is 4.79 Å². The van der Waals surface area contributed by atoms with E-state index >= 15 is 0 Å². The molecule has 0 aromatic heterocycles. The second-order valence-electron chi connectivity index (χ2n) is 6.33. The van der Waals surface area contributed by atoms with Gasteiger partial charge in [-0.2, -0.15) is 0 Å². The van der Waals surface area contributed by atoms with Crippen LogP contribution in [0.4, 0.5) is 0 Å². The first-order valence-corrected chi connectivity index (χ1v) is 7.28. The summed E-state index contributed by atoms with van der Waals surface area (Å²) in [5.74, 6) is -1.90. The monoisotopic (exact) mass is 314 g/mol. The minimum absolute atomic E-state index is 0.0259. The lowest BCUT2D eigenvalue weighted by Crippen LogP contribution is -2.43. The van der Waals surface area contributed by atoms with Gasteiger partial charge in [-0.1, -0.05) is 26.0 Å². The highest BCUT2D eigenvalue weighted by molar-refractivity contribution is 6.04. The zero-order chi connectivity index (χ0) is 16.9. The Hall–Kier alpha value is -2.69. The largest absolute Gasteiger partial charge is 0.511 e.